The first kappa shape index (κ1) is 29.6. The molecule has 0 spiro atoms. The van der Waals surface area contributed by atoms with Crippen molar-refractivity contribution in [3.8, 4) is 0 Å². The molecule has 1 rings (SSSR count). The lowest BCUT2D eigenvalue weighted by molar-refractivity contribution is -0.145. The number of benzene rings is 1. The standard InChI is InChI=1S/C19H22I3N3O8/c1-8(26)31-5-4-24-18(29)12-14(20)13(16(22)17(23)15(12)21)19(30)25-11(6-32-9(2)27)7-33-10(3)28/h11H,4-7,23H2,1-3H3,(H,24,29)(H,25,30). The first-order valence-corrected chi connectivity index (χ1v) is 12.5. The van der Waals surface area contributed by atoms with Gasteiger partial charge in [-0.25, -0.2) is 0 Å². The zero-order chi connectivity index (χ0) is 25.3. The number of carbonyl (C=O) groups is 5. The maximum Gasteiger partial charge on any atom is 0.302 e. The molecular formula is C19H22I3N3O8. The van der Waals surface area contributed by atoms with Crippen LogP contribution in [-0.2, 0) is 28.6 Å². The summed E-state index contributed by atoms with van der Waals surface area (Å²) in [5.41, 5.74) is 6.74. The van der Waals surface area contributed by atoms with E-state index in [-0.39, 0.29) is 43.2 Å². The minimum absolute atomic E-state index is 0.00456. The molecule has 0 saturated carbocycles. The van der Waals surface area contributed by atoms with Crippen LogP contribution in [0.4, 0.5) is 5.69 Å². The van der Waals surface area contributed by atoms with Gasteiger partial charge in [0.1, 0.15) is 19.8 Å². The van der Waals surface area contributed by atoms with Crippen LogP contribution in [0.1, 0.15) is 41.5 Å². The van der Waals surface area contributed by atoms with Gasteiger partial charge in [0, 0.05) is 24.3 Å². The number of nitrogen functional groups attached to an aromatic ring is 1. The van der Waals surface area contributed by atoms with Crippen molar-refractivity contribution in [2.24, 2.45) is 0 Å². The van der Waals surface area contributed by atoms with E-state index in [1.165, 1.54) is 20.8 Å². The molecule has 14 heteroatoms. The highest BCUT2D eigenvalue weighted by Crippen LogP contribution is 2.33. The maximum atomic E-state index is 13.1. The molecule has 2 amide bonds. The molecule has 11 nitrogen and oxygen atoms in total. The number of amides is 2. The molecule has 0 aromatic heterocycles. The first-order chi connectivity index (χ1) is 15.4. The van der Waals surface area contributed by atoms with E-state index < -0.39 is 35.8 Å². The van der Waals surface area contributed by atoms with Gasteiger partial charge in [-0.15, -0.1) is 0 Å². The van der Waals surface area contributed by atoms with Crippen molar-refractivity contribution in [2.45, 2.75) is 26.8 Å². The minimum Gasteiger partial charge on any atom is -0.464 e. The van der Waals surface area contributed by atoms with Gasteiger partial charge in [0.05, 0.1) is 36.5 Å². The average molecular weight is 801 g/mol. The molecule has 0 heterocycles. The number of anilines is 1. The van der Waals surface area contributed by atoms with Crippen LogP contribution in [0.25, 0.3) is 0 Å². The van der Waals surface area contributed by atoms with Crippen molar-refractivity contribution < 1.29 is 38.2 Å². The number of esters is 3. The highest BCUT2D eigenvalue weighted by molar-refractivity contribution is 14.1. The lowest BCUT2D eigenvalue weighted by Gasteiger charge is -2.21. The van der Waals surface area contributed by atoms with Crippen molar-refractivity contribution in [3.63, 3.8) is 0 Å². The summed E-state index contributed by atoms with van der Waals surface area (Å²) in [5, 5.41) is 5.28. The van der Waals surface area contributed by atoms with Crippen LogP contribution in [0, 0.1) is 10.7 Å². The van der Waals surface area contributed by atoms with E-state index in [4.69, 9.17) is 19.9 Å². The number of ether oxygens (including phenoxy) is 3. The molecule has 0 fully saturated rings. The van der Waals surface area contributed by atoms with Gasteiger partial charge in [0.25, 0.3) is 11.8 Å². The van der Waals surface area contributed by atoms with Crippen LogP contribution in [0.2, 0.25) is 0 Å². The summed E-state index contributed by atoms with van der Waals surface area (Å²) >= 11 is 5.71. The number of carbonyl (C=O) groups excluding carboxylic acids is 5. The number of nitrogens with one attached hydrogen (secondary N) is 2. The fourth-order valence-corrected chi connectivity index (χ4v) is 6.50. The zero-order valence-electron chi connectivity index (χ0n) is 17.9. The van der Waals surface area contributed by atoms with Gasteiger partial charge in [-0.05, 0) is 67.8 Å². The van der Waals surface area contributed by atoms with Crippen molar-refractivity contribution in [3.05, 3.63) is 21.8 Å². The van der Waals surface area contributed by atoms with Crippen LogP contribution in [0.15, 0.2) is 0 Å². The number of halogens is 3. The smallest absolute Gasteiger partial charge is 0.302 e. The first-order valence-electron chi connectivity index (χ1n) is 9.31. The van der Waals surface area contributed by atoms with E-state index in [0.29, 0.717) is 10.7 Å². The SMILES string of the molecule is CC(=O)OCCNC(=O)c1c(I)c(N)c(I)c(C(=O)NC(COC(C)=O)COC(C)=O)c1I. The molecule has 0 aliphatic carbocycles. The molecule has 182 valence electrons. The lowest BCUT2D eigenvalue weighted by Crippen LogP contribution is -2.43. The summed E-state index contributed by atoms with van der Waals surface area (Å²) in [6.07, 6.45) is 0. The Morgan fingerprint density at radius 3 is 1.70 bits per heavy atom. The Morgan fingerprint density at radius 2 is 1.24 bits per heavy atom. The predicted molar refractivity (Wildman–Crippen MR) is 142 cm³/mol. The Labute approximate surface area is 231 Å². The van der Waals surface area contributed by atoms with E-state index in [1.807, 2.05) is 67.8 Å². The summed E-state index contributed by atoms with van der Waals surface area (Å²) < 4.78 is 15.9. The topological polar surface area (TPSA) is 163 Å². The Hall–Kier alpha value is -1.44. The van der Waals surface area contributed by atoms with Gasteiger partial charge in [0.2, 0.25) is 0 Å². The van der Waals surface area contributed by atoms with E-state index >= 15 is 0 Å². The monoisotopic (exact) mass is 801 g/mol. The lowest BCUT2D eigenvalue weighted by atomic mass is 10.1. The minimum atomic E-state index is -0.821. The largest absolute Gasteiger partial charge is 0.464 e. The second-order valence-electron chi connectivity index (χ2n) is 6.48. The van der Waals surface area contributed by atoms with Gasteiger partial charge in [0.15, 0.2) is 0 Å². The normalized spacial score (nSPS) is 10.4. The summed E-state index contributed by atoms with van der Waals surface area (Å²) in [6.45, 7) is 3.32. The zero-order valence-corrected chi connectivity index (χ0v) is 24.4. The number of hydrogen-bond acceptors (Lipinski definition) is 9. The van der Waals surface area contributed by atoms with Crippen molar-refractivity contribution in [2.75, 3.05) is 32.1 Å². The molecule has 0 saturated heterocycles. The second-order valence-corrected chi connectivity index (χ2v) is 9.71. The van der Waals surface area contributed by atoms with E-state index in [0.717, 1.165) is 0 Å². The Balaban J connectivity index is 3.20. The quantitative estimate of drug-likeness (QED) is 0.105. The average Bonchev–Trinajstić information content (AvgIpc) is 2.71. The Kier molecular flexibility index (Phi) is 12.6. The molecule has 1 aromatic carbocycles. The van der Waals surface area contributed by atoms with Crippen LogP contribution in [0.3, 0.4) is 0 Å². The molecule has 0 aliphatic heterocycles. The van der Waals surface area contributed by atoms with E-state index in [1.54, 1.807) is 0 Å². The van der Waals surface area contributed by atoms with Gasteiger partial charge in [-0.2, -0.15) is 0 Å². The van der Waals surface area contributed by atoms with Gasteiger partial charge >= 0.3 is 17.9 Å². The van der Waals surface area contributed by atoms with Crippen LogP contribution < -0.4 is 16.4 Å². The third-order valence-corrected chi connectivity index (χ3v) is 7.13. The highest BCUT2D eigenvalue weighted by atomic mass is 127. The van der Waals surface area contributed by atoms with Crippen LogP contribution in [0.5, 0.6) is 0 Å². The highest BCUT2D eigenvalue weighted by Gasteiger charge is 2.28. The number of rotatable bonds is 10. The van der Waals surface area contributed by atoms with Crippen LogP contribution in [-0.4, -0.2) is 62.1 Å². The fourth-order valence-electron chi connectivity index (χ4n) is 2.35. The van der Waals surface area contributed by atoms with Gasteiger partial charge in [-0.3, -0.25) is 24.0 Å². The molecule has 33 heavy (non-hydrogen) atoms. The third kappa shape index (κ3) is 9.38. The molecule has 0 unspecified atom stereocenters. The van der Waals surface area contributed by atoms with Crippen molar-refractivity contribution in [1.29, 1.82) is 0 Å². The third-order valence-electron chi connectivity index (χ3n) is 3.81. The molecule has 0 aliphatic rings. The van der Waals surface area contributed by atoms with Crippen molar-refractivity contribution in [1.82, 2.24) is 10.6 Å². The molecule has 0 bridgehead atoms. The second kappa shape index (κ2) is 14.1. The number of nitrogens with two attached hydrogens (primary N) is 1. The number of hydrogen-bond donors (Lipinski definition) is 3. The van der Waals surface area contributed by atoms with Gasteiger partial charge < -0.3 is 30.6 Å². The molecule has 1 aromatic rings. The van der Waals surface area contributed by atoms with E-state index in [2.05, 4.69) is 10.6 Å². The molecule has 0 atom stereocenters. The summed E-state index contributed by atoms with van der Waals surface area (Å²) in [4.78, 5) is 59.1. The summed E-state index contributed by atoms with van der Waals surface area (Å²) in [6, 6.07) is -0.821. The molecule has 4 N–H and O–H groups in total. The fraction of sp³-hybridized carbons (Fsp3) is 0.421. The molecule has 0 radical (unpaired) electrons. The Morgan fingerprint density at radius 1 is 0.788 bits per heavy atom. The molecular weight excluding hydrogens is 779 g/mol. The predicted octanol–water partition coefficient (Wildman–Crippen LogP) is 1.60. The van der Waals surface area contributed by atoms with Gasteiger partial charge in [-0.1, -0.05) is 0 Å². The summed E-state index contributed by atoms with van der Waals surface area (Å²) in [7, 11) is 0. The maximum absolute atomic E-state index is 13.1. The van der Waals surface area contributed by atoms with E-state index in [9.17, 15) is 24.0 Å². The van der Waals surface area contributed by atoms with Crippen molar-refractivity contribution >= 4 is 103 Å². The van der Waals surface area contributed by atoms with Crippen LogP contribution >= 0.6 is 67.8 Å². The Bertz CT molecular complexity index is 937. The summed E-state index contributed by atoms with van der Waals surface area (Å²) in [5.74, 6) is -2.68.